The summed E-state index contributed by atoms with van der Waals surface area (Å²) in [6, 6.07) is 5.78. The van der Waals surface area contributed by atoms with E-state index in [0.717, 1.165) is 11.1 Å². The van der Waals surface area contributed by atoms with Gasteiger partial charge in [0.05, 0.1) is 5.92 Å². The number of anilines is 1. The third kappa shape index (κ3) is 3.53. The number of rotatable bonds is 4. The third-order valence-corrected chi connectivity index (χ3v) is 4.13. The van der Waals surface area contributed by atoms with Crippen LogP contribution in [0.2, 0.25) is 0 Å². The fourth-order valence-corrected chi connectivity index (χ4v) is 2.34. The number of carboxylic acid groups (broad SMARTS) is 1. The fourth-order valence-electron chi connectivity index (χ4n) is 2.34. The first kappa shape index (κ1) is 16.5. The van der Waals surface area contributed by atoms with Crippen molar-refractivity contribution in [3.63, 3.8) is 0 Å². The normalized spacial score (nSPS) is 15.2. The van der Waals surface area contributed by atoms with Gasteiger partial charge in [0.15, 0.2) is 0 Å². The van der Waals surface area contributed by atoms with Crippen LogP contribution in [0.25, 0.3) is 0 Å². The van der Waals surface area contributed by atoms with Crippen LogP contribution in [0.5, 0.6) is 0 Å². The van der Waals surface area contributed by atoms with Crippen LogP contribution in [0.4, 0.5) is 5.69 Å². The number of nitrogen functional groups attached to an aromatic ring is 1. The summed E-state index contributed by atoms with van der Waals surface area (Å²) in [5.74, 6) is -1.04. The third-order valence-electron chi connectivity index (χ3n) is 4.13. The molecule has 3 N–H and O–H groups in total. The molecule has 0 amide bonds. The monoisotopic (exact) mass is 277 g/mol. The molecule has 0 radical (unpaired) electrons. The van der Waals surface area contributed by atoms with Gasteiger partial charge < -0.3 is 10.8 Å². The first-order chi connectivity index (χ1) is 9.05. The zero-order valence-electron chi connectivity index (χ0n) is 13.4. The van der Waals surface area contributed by atoms with Gasteiger partial charge in [-0.15, -0.1) is 0 Å². The number of hydrogen-bond acceptors (Lipinski definition) is 2. The molecule has 0 aliphatic carbocycles. The summed E-state index contributed by atoms with van der Waals surface area (Å²) in [6.45, 7) is 12.4. The molecule has 0 aliphatic heterocycles. The molecule has 0 heterocycles. The maximum atomic E-state index is 11.7. The lowest BCUT2D eigenvalue weighted by Crippen LogP contribution is -2.25. The Hall–Kier alpha value is -1.51. The summed E-state index contributed by atoms with van der Waals surface area (Å²) in [5.41, 5.74) is 8.45. The Labute approximate surface area is 122 Å². The first-order valence-corrected chi connectivity index (χ1v) is 7.18. The number of carboxylic acids is 1. The van der Waals surface area contributed by atoms with E-state index >= 15 is 0 Å². The minimum absolute atomic E-state index is 0.0213. The van der Waals surface area contributed by atoms with Crippen molar-refractivity contribution in [2.75, 3.05) is 5.73 Å². The number of aliphatic carboxylic acids is 1. The standard InChI is InChI=1S/C17H27NO2/c1-10(2)11(3)15(16(19)20)13-9-12(17(4,5)6)7-8-14(13)18/h7-11,15H,18H2,1-6H3,(H,19,20). The number of hydrogen-bond donors (Lipinski definition) is 2. The van der Waals surface area contributed by atoms with Gasteiger partial charge in [0.2, 0.25) is 0 Å². The zero-order chi connectivity index (χ0) is 15.7. The van der Waals surface area contributed by atoms with E-state index in [2.05, 4.69) is 20.8 Å². The van der Waals surface area contributed by atoms with Crippen LogP contribution in [-0.4, -0.2) is 11.1 Å². The second kappa shape index (κ2) is 5.86. The van der Waals surface area contributed by atoms with E-state index in [1.807, 2.05) is 39.0 Å². The SMILES string of the molecule is CC(C)C(C)C(C(=O)O)c1cc(C(C)(C)C)ccc1N. The summed E-state index contributed by atoms with van der Waals surface area (Å²) in [4.78, 5) is 11.7. The highest BCUT2D eigenvalue weighted by Gasteiger charge is 2.31. The molecule has 1 aromatic rings. The van der Waals surface area contributed by atoms with Gasteiger partial charge in [0, 0.05) is 5.69 Å². The van der Waals surface area contributed by atoms with Crippen LogP contribution in [0.1, 0.15) is 58.6 Å². The number of benzene rings is 1. The second-order valence-electron chi connectivity index (χ2n) is 7.01. The van der Waals surface area contributed by atoms with Gasteiger partial charge >= 0.3 is 5.97 Å². The van der Waals surface area contributed by atoms with Crippen molar-refractivity contribution >= 4 is 11.7 Å². The number of nitrogens with two attached hydrogens (primary N) is 1. The molecule has 1 aromatic carbocycles. The summed E-state index contributed by atoms with van der Waals surface area (Å²) in [7, 11) is 0. The van der Waals surface area contributed by atoms with E-state index in [1.165, 1.54) is 0 Å². The highest BCUT2D eigenvalue weighted by atomic mass is 16.4. The van der Waals surface area contributed by atoms with Crippen molar-refractivity contribution in [1.82, 2.24) is 0 Å². The molecular formula is C17H27NO2. The molecule has 3 nitrogen and oxygen atoms in total. The van der Waals surface area contributed by atoms with Crippen LogP contribution < -0.4 is 5.73 Å². The highest BCUT2D eigenvalue weighted by Crippen LogP contribution is 2.36. The Kier molecular flexibility index (Phi) is 4.85. The van der Waals surface area contributed by atoms with E-state index in [0.29, 0.717) is 5.69 Å². The molecular weight excluding hydrogens is 250 g/mol. The topological polar surface area (TPSA) is 63.3 Å². The van der Waals surface area contributed by atoms with Crippen LogP contribution in [0.15, 0.2) is 18.2 Å². The second-order valence-corrected chi connectivity index (χ2v) is 7.01. The van der Waals surface area contributed by atoms with Crippen molar-refractivity contribution in [3.8, 4) is 0 Å². The Morgan fingerprint density at radius 2 is 1.75 bits per heavy atom. The Bertz CT molecular complexity index is 486. The van der Waals surface area contributed by atoms with Crippen molar-refractivity contribution in [3.05, 3.63) is 29.3 Å². The molecule has 0 aliphatic rings. The lowest BCUT2D eigenvalue weighted by Gasteiger charge is -2.27. The van der Waals surface area contributed by atoms with Gasteiger partial charge in [-0.25, -0.2) is 0 Å². The average molecular weight is 277 g/mol. The summed E-state index contributed by atoms with van der Waals surface area (Å²) in [5, 5.41) is 9.61. The average Bonchev–Trinajstić information content (AvgIpc) is 2.29. The summed E-state index contributed by atoms with van der Waals surface area (Å²) in [6.07, 6.45) is 0. The Balaban J connectivity index is 3.37. The smallest absolute Gasteiger partial charge is 0.311 e. The van der Waals surface area contributed by atoms with Gasteiger partial charge in [-0.1, -0.05) is 53.7 Å². The quantitative estimate of drug-likeness (QED) is 0.817. The predicted molar refractivity (Wildman–Crippen MR) is 83.9 cm³/mol. The Morgan fingerprint density at radius 1 is 1.20 bits per heavy atom. The van der Waals surface area contributed by atoms with Crippen LogP contribution in [0, 0.1) is 11.8 Å². The molecule has 0 fully saturated rings. The molecule has 2 atom stereocenters. The highest BCUT2D eigenvalue weighted by molar-refractivity contribution is 5.79. The predicted octanol–water partition coefficient (Wildman–Crippen LogP) is 4.03. The molecule has 0 bridgehead atoms. The zero-order valence-corrected chi connectivity index (χ0v) is 13.4. The molecule has 0 spiro atoms. The molecule has 20 heavy (non-hydrogen) atoms. The fraction of sp³-hybridized carbons (Fsp3) is 0.588. The van der Waals surface area contributed by atoms with Gasteiger partial charge in [0.1, 0.15) is 0 Å². The molecule has 0 saturated heterocycles. The maximum Gasteiger partial charge on any atom is 0.311 e. The van der Waals surface area contributed by atoms with Gasteiger partial charge in [-0.3, -0.25) is 4.79 Å². The first-order valence-electron chi connectivity index (χ1n) is 7.18. The lowest BCUT2D eigenvalue weighted by molar-refractivity contribution is -0.140. The van der Waals surface area contributed by atoms with Gasteiger partial charge in [-0.05, 0) is 34.4 Å². The van der Waals surface area contributed by atoms with Crippen LogP contribution in [0.3, 0.4) is 0 Å². The lowest BCUT2D eigenvalue weighted by atomic mass is 9.77. The van der Waals surface area contributed by atoms with E-state index < -0.39 is 11.9 Å². The van der Waals surface area contributed by atoms with E-state index in [9.17, 15) is 9.90 Å². The maximum absolute atomic E-state index is 11.7. The van der Waals surface area contributed by atoms with E-state index in [4.69, 9.17) is 5.73 Å². The van der Waals surface area contributed by atoms with Crippen molar-refractivity contribution < 1.29 is 9.90 Å². The largest absolute Gasteiger partial charge is 0.481 e. The molecule has 0 saturated carbocycles. The molecule has 2 unspecified atom stereocenters. The van der Waals surface area contributed by atoms with Gasteiger partial charge in [-0.2, -0.15) is 0 Å². The number of carbonyl (C=O) groups is 1. The van der Waals surface area contributed by atoms with E-state index in [1.54, 1.807) is 0 Å². The van der Waals surface area contributed by atoms with Gasteiger partial charge in [0.25, 0.3) is 0 Å². The van der Waals surface area contributed by atoms with Crippen LogP contribution >= 0.6 is 0 Å². The minimum atomic E-state index is -0.802. The molecule has 3 heteroatoms. The summed E-state index contributed by atoms with van der Waals surface area (Å²) >= 11 is 0. The van der Waals surface area contributed by atoms with E-state index in [-0.39, 0.29) is 17.3 Å². The molecule has 0 aromatic heterocycles. The van der Waals surface area contributed by atoms with Crippen molar-refractivity contribution in [2.45, 2.75) is 52.9 Å². The van der Waals surface area contributed by atoms with Crippen molar-refractivity contribution in [2.24, 2.45) is 11.8 Å². The minimum Gasteiger partial charge on any atom is -0.481 e. The molecule has 1 rings (SSSR count). The summed E-state index contributed by atoms with van der Waals surface area (Å²) < 4.78 is 0. The van der Waals surface area contributed by atoms with Crippen molar-refractivity contribution in [1.29, 1.82) is 0 Å². The molecule has 112 valence electrons. The van der Waals surface area contributed by atoms with Crippen LogP contribution in [-0.2, 0) is 10.2 Å². The Morgan fingerprint density at radius 3 is 2.15 bits per heavy atom.